The van der Waals surface area contributed by atoms with Crippen LogP contribution in [0.5, 0.6) is 0 Å². The van der Waals surface area contributed by atoms with Gasteiger partial charge in [-0.2, -0.15) is 0 Å². The van der Waals surface area contributed by atoms with Crippen molar-refractivity contribution >= 4 is 0 Å². The third-order valence-corrected chi connectivity index (χ3v) is 2.34. The summed E-state index contributed by atoms with van der Waals surface area (Å²) in [6.45, 7) is -0.929. The molecule has 0 unspecified atom stereocenters. The first-order valence-corrected chi connectivity index (χ1v) is 4.93. The van der Waals surface area contributed by atoms with E-state index in [9.17, 15) is 4.79 Å². The number of pyridine rings is 1. The van der Waals surface area contributed by atoms with Crippen molar-refractivity contribution in [3.63, 3.8) is 0 Å². The molecule has 2 aromatic rings. The molecule has 2 heteroatoms. The normalized spacial score (nSPS) is 16.7. The molecule has 0 spiro atoms. The van der Waals surface area contributed by atoms with E-state index in [1.165, 1.54) is 22.9 Å². The van der Waals surface area contributed by atoms with E-state index >= 15 is 0 Å². The van der Waals surface area contributed by atoms with Crippen molar-refractivity contribution in [3.05, 3.63) is 64.1 Å². The van der Waals surface area contributed by atoms with Crippen molar-refractivity contribution < 1.29 is 6.85 Å². The van der Waals surface area contributed by atoms with Crippen LogP contribution in [0.15, 0.2) is 47.4 Å². The minimum atomic E-state index is -2.80. The van der Waals surface area contributed by atoms with Gasteiger partial charge in [0.15, 0.2) is 0 Å². The highest BCUT2D eigenvalue weighted by atomic mass is 16.1. The number of benzene rings is 1. The van der Waals surface area contributed by atoms with Crippen LogP contribution in [0.3, 0.4) is 0 Å². The first-order valence-electron chi connectivity index (χ1n) is 7.43. The van der Waals surface area contributed by atoms with Crippen molar-refractivity contribution in [2.24, 2.45) is 0 Å². The summed E-state index contributed by atoms with van der Waals surface area (Å²) in [5.41, 5.74) is 1.13. The number of hydrogen-bond acceptors (Lipinski definition) is 1. The minimum Gasteiger partial charge on any atom is -0.284 e. The number of aryl methyl sites for hydroxylation is 2. The van der Waals surface area contributed by atoms with Crippen LogP contribution in [0.25, 0.3) is 5.69 Å². The fraction of sp³-hybridized carbons (Fsp3) is 0.214. The average molecular weight is 218 g/mol. The van der Waals surface area contributed by atoms with Crippen molar-refractivity contribution in [2.45, 2.75) is 20.1 Å². The molecule has 1 heterocycles. The Kier molecular flexibility index (Phi) is 1.64. The van der Waals surface area contributed by atoms with Crippen LogP contribution in [-0.2, 0) is 6.37 Å². The van der Waals surface area contributed by atoms with Gasteiger partial charge in [-0.3, -0.25) is 9.36 Å². The maximum atomic E-state index is 12.0. The number of rotatable bonds is 2. The number of hydrogen-bond donors (Lipinski definition) is 0. The molecule has 0 bridgehead atoms. The Balaban J connectivity index is 2.61. The molecule has 0 fully saturated rings. The Labute approximate surface area is 102 Å². The van der Waals surface area contributed by atoms with Gasteiger partial charge in [0.05, 0.1) is 0 Å². The van der Waals surface area contributed by atoms with Crippen LogP contribution in [0.4, 0.5) is 0 Å². The Morgan fingerprint density at radius 1 is 1.38 bits per heavy atom. The van der Waals surface area contributed by atoms with Gasteiger partial charge in [-0.05, 0) is 36.6 Å². The van der Waals surface area contributed by atoms with Crippen LogP contribution >= 0.6 is 0 Å². The minimum absolute atomic E-state index is 0.0522. The SMILES string of the molecule is [2H]C([2H])([2H])C([2H])([2H])c1ccc(=O)n(-c2cccc(C)c2)c1. The van der Waals surface area contributed by atoms with Gasteiger partial charge in [0, 0.05) is 24.8 Å². The second kappa shape index (κ2) is 4.35. The molecule has 0 aliphatic heterocycles. The highest BCUT2D eigenvalue weighted by Crippen LogP contribution is 2.09. The van der Waals surface area contributed by atoms with E-state index in [2.05, 4.69) is 0 Å². The monoisotopic (exact) mass is 218 g/mol. The van der Waals surface area contributed by atoms with Gasteiger partial charge < -0.3 is 0 Å². The predicted molar refractivity (Wildman–Crippen MR) is 66.2 cm³/mol. The zero-order valence-electron chi connectivity index (χ0n) is 13.9. The molecule has 2 nitrogen and oxygen atoms in total. The molecule has 0 saturated carbocycles. The summed E-state index contributed by atoms with van der Waals surface area (Å²) in [4.78, 5) is 12.0. The van der Waals surface area contributed by atoms with Gasteiger partial charge in [0.2, 0.25) is 0 Å². The molecule has 0 atom stereocenters. The Bertz CT molecular complexity index is 718. The third kappa shape index (κ3) is 2.06. The molecule has 16 heavy (non-hydrogen) atoms. The molecule has 0 aliphatic carbocycles. The summed E-state index contributed by atoms with van der Waals surface area (Å²) in [6.07, 6.45) is -1.27. The quantitative estimate of drug-likeness (QED) is 0.759. The lowest BCUT2D eigenvalue weighted by Crippen LogP contribution is -2.17. The highest BCUT2D eigenvalue weighted by Gasteiger charge is 2.00. The molecular formula is C14H15NO. The van der Waals surface area contributed by atoms with Gasteiger partial charge in [-0.1, -0.05) is 25.1 Å². The zero-order chi connectivity index (χ0) is 15.8. The van der Waals surface area contributed by atoms with E-state index in [0.29, 0.717) is 5.69 Å². The average Bonchev–Trinajstić information content (AvgIpc) is 2.37. The summed E-state index contributed by atoms with van der Waals surface area (Å²) in [6, 6.07) is 9.55. The van der Waals surface area contributed by atoms with Crippen molar-refractivity contribution in [2.75, 3.05) is 0 Å². The maximum absolute atomic E-state index is 12.0. The topological polar surface area (TPSA) is 22.0 Å². The second-order valence-corrected chi connectivity index (χ2v) is 3.59. The zero-order valence-corrected chi connectivity index (χ0v) is 8.90. The molecule has 0 radical (unpaired) electrons. The summed E-state index contributed by atoms with van der Waals surface area (Å²) in [5.74, 6) is 0. The largest absolute Gasteiger partial charge is 0.284 e. The van der Waals surface area contributed by atoms with E-state index in [0.717, 1.165) is 5.56 Å². The van der Waals surface area contributed by atoms with E-state index in [-0.39, 0.29) is 11.1 Å². The molecule has 0 aliphatic rings. The highest BCUT2D eigenvalue weighted by molar-refractivity contribution is 5.36. The first kappa shape index (κ1) is 6.04. The fourth-order valence-electron chi connectivity index (χ4n) is 1.54. The van der Waals surface area contributed by atoms with Crippen LogP contribution in [0.2, 0.25) is 0 Å². The van der Waals surface area contributed by atoms with Gasteiger partial charge in [0.25, 0.3) is 5.56 Å². The van der Waals surface area contributed by atoms with Gasteiger partial charge in [0.1, 0.15) is 0 Å². The van der Waals surface area contributed by atoms with Gasteiger partial charge in [-0.25, -0.2) is 0 Å². The van der Waals surface area contributed by atoms with Crippen LogP contribution in [0.1, 0.15) is 24.8 Å². The molecule has 2 rings (SSSR count). The van der Waals surface area contributed by atoms with Crippen LogP contribution in [0, 0.1) is 6.92 Å². The van der Waals surface area contributed by atoms with E-state index in [4.69, 9.17) is 6.85 Å². The molecule has 82 valence electrons. The maximum Gasteiger partial charge on any atom is 0.255 e. The van der Waals surface area contributed by atoms with Crippen LogP contribution in [-0.4, -0.2) is 4.57 Å². The third-order valence-electron chi connectivity index (χ3n) is 2.34. The van der Waals surface area contributed by atoms with E-state index < -0.39 is 13.2 Å². The Morgan fingerprint density at radius 3 is 3.00 bits per heavy atom. The smallest absolute Gasteiger partial charge is 0.255 e. The molecule has 1 aromatic carbocycles. The van der Waals surface area contributed by atoms with Crippen molar-refractivity contribution in [3.8, 4) is 5.69 Å². The first-order chi connectivity index (χ1) is 9.63. The second-order valence-electron chi connectivity index (χ2n) is 3.59. The lowest BCUT2D eigenvalue weighted by Gasteiger charge is -2.07. The van der Waals surface area contributed by atoms with Crippen molar-refractivity contribution in [1.29, 1.82) is 0 Å². The van der Waals surface area contributed by atoms with Gasteiger partial charge in [-0.15, -0.1) is 0 Å². The molecular weight excluding hydrogens is 198 g/mol. The summed E-state index contributed by atoms with van der Waals surface area (Å²) in [7, 11) is 0. The Hall–Kier alpha value is -1.83. The predicted octanol–water partition coefficient (Wildman–Crippen LogP) is 2.71. The van der Waals surface area contributed by atoms with Crippen LogP contribution < -0.4 is 5.56 Å². The summed E-state index contributed by atoms with van der Waals surface area (Å²) in [5, 5.41) is 0. The molecule has 0 saturated heterocycles. The standard InChI is InChI=1S/C14H15NO/c1-3-12-7-8-14(16)15(10-12)13-6-4-5-11(2)9-13/h4-10H,3H2,1-2H3/i1D3,3D2. The van der Waals surface area contributed by atoms with Crippen molar-refractivity contribution in [1.82, 2.24) is 4.57 Å². The fourth-order valence-corrected chi connectivity index (χ4v) is 1.54. The number of aromatic nitrogens is 1. The molecule has 0 amide bonds. The lowest BCUT2D eigenvalue weighted by molar-refractivity contribution is 0.951. The Morgan fingerprint density at radius 2 is 2.25 bits per heavy atom. The molecule has 1 aromatic heterocycles. The number of nitrogens with zero attached hydrogens (tertiary/aromatic N) is 1. The summed E-state index contributed by atoms with van der Waals surface area (Å²) < 4.78 is 38.7. The molecule has 0 N–H and O–H groups in total. The van der Waals surface area contributed by atoms with Gasteiger partial charge >= 0.3 is 0 Å². The van der Waals surface area contributed by atoms with E-state index in [1.807, 2.05) is 13.0 Å². The van der Waals surface area contributed by atoms with E-state index in [1.54, 1.807) is 18.2 Å². The summed E-state index contributed by atoms with van der Waals surface area (Å²) >= 11 is 0. The lowest BCUT2D eigenvalue weighted by atomic mass is 10.2.